The molecular weight excluding hydrogens is 400 g/mol. The molecule has 2 rings (SSSR count). The third-order valence-electron chi connectivity index (χ3n) is 4.48. The minimum Gasteiger partial charge on any atom is -0.494 e. The first-order chi connectivity index (χ1) is 14.2. The SMILES string of the molecule is C[C@@H](C(=O)NC(C)(C)C)N(Cc1ccc(Cl)cc1)C(=O)CCCOc1ccccc1. The minimum absolute atomic E-state index is 0.0850. The lowest BCUT2D eigenvalue weighted by molar-refractivity contribution is -0.141. The van der Waals surface area contributed by atoms with E-state index in [-0.39, 0.29) is 17.4 Å². The summed E-state index contributed by atoms with van der Waals surface area (Å²) in [6.07, 6.45) is 0.867. The van der Waals surface area contributed by atoms with Gasteiger partial charge in [0.05, 0.1) is 6.61 Å². The summed E-state index contributed by atoms with van der Waals surface area (Å²) in [6, 6.07) is 16.2. The molecule has 0 aliphatic heterocycles. The maximum absolute atomic E-state index is 13.0. The van der Waals surface area contributed by atoms with Gasteiger partial charge in [-0.1, -0.05) is 41.9 Å². The Morgan fingerprint density at radius 2 is 1.70 bits per heavy atom. The summed E-state index contributed by atoms with van der Waals surface area (Å²) in [5.74, 6) is 0.518. The number of benzene rings is 2. The topological polar surface area (TPSA) is 58.6 Å². The van der Waals surface area contributed by atoms with E-state index in [1.165, 1.54) is 0 Å². The highest BCUT2D eigenvalue weighted by atomic mass is 35.5. The first-order valence-electron chi connectivity index (χ1n) is 10.2. The van der Waals surface area contributed by atoms with Crippen molar-refractivity contribution in [2.24, 2.45) is 0 Å². The first-order valence-corrected chi connectivity index (χ1v) is 10.6. The first kappa shape index (κ1) is 23.7. The number of hydrogen-bond acceptors (Lipinski definition) is 3. The van der Waals surface area contributed by atoms with Crippen molar-refractivity contribution in [3.8, 4) is 5.75 Å². The van der Waals surface area contributed by atoms with Gasteiger partial charge in [0.2, 0.25) is 11.8 Å². The number of hydrogen-bond donors (Lipinski definition) is 1. The summed E-state index contributed by atoms with van der Waals surface area (Å²) in [5, 5.41) is 3.59. The highest BCUT2D eigenvalue weighted by Crippen LogP contribution is 2.16. The zero-order valence-electron chi connectivity index (χ0n) is 18.2. The van der Waals surface area contributed by atoms with Gasteiger partial charge in [-0.2, -0.15) is 0 Å². The molecule has 2 aromatic rings. The Hall–Kier alpha value is -2.53. The smallest absolute Gasteiger partial charge is 0.242 e. The van der Waals surface area contributed by atoms with E-state index in [0.29, 0.717) is 31.0 Å². The molecule has 0 heterocycles. The molecule has 5 nitrogen and oxygen atoms in total. The molecule has 0 saturated heterocycles. The number of para-hydroxylation sites is 1. The van der Waals surface area contributed by atoms with E-state index >= 15 is 0 Å². The monoisotopic (exact) mass is 430 g/mol. The van der Waals surface area contributed by atoms with Crippen LogP contribution in [0, 0.1) is 0 Å². The van der Waals surface area contributed by atoms with Gasteiger partial charge in [-0.05, 0) is 63.9 Å². The summed E-state index contributed by atoms with van der Waals surface area (Å²) in [4.78, 5) is 27.3. The zero-order chi connectivity index (χ0) is 22.1. The largest absolute Gasteiger partial charge is 0.494 e. The molecule has 0 fully saturated rings. The van der Waals surface area contributed by atoms with Crippen LogP contribution in [0.3, 0.4) is 0 Å². The van der Waals surface area contributed by atoms with Crippen LogP contribution in [0.15, 0.2) is 54.6 Å². The van der Waals surface area contributed by atoms with E-state index in [9.17, 15) is 9.59 Å². The van der Waals surface area contributed by atoms with Crippen molar-refractivity contribution in [1.82, 2.24) is 10.2 Å². The Labute approximate surface area is 184 Å². The molecule has 0 aliphatic rings. The average Bonchev–Trinajstić information content (AvgIpc) is 2.69. The van der Waals surface area contributed by atoms with Gasteiger partial charge >= 0.3 is 0 Å². The molecule has 2 amide bonds. The van der Waals surface area contributed by atoms with Crippen LogP contribution < -0.4 is 10.1 Å². The predicted molar refractivity (Wildman–Crippen MR) is 121 cm³/mol. The van der Waals surface area contributed by atoms with Crippen molar-refractivity contribution in [2.75, 3.05) is 6.61 Å². The van der Waals surface area contributed by atoms with Crippen molar-refractivity contribution >= 4 is 23.4 Å². The lowest BCUT2D eigenvalue weighted by Gasteiger charge is -2.31. The summed E-state index contributed by atoms with van der Waals surface area (Å²) < 4.78 is 5.68. The fraction of sp³-hybridized carbons (Fsp3) is 0.417. The van der Waals surface area contributed by atoms with Crippen LogP contribution in [-0.2, 0) is 16.1 Å². The zero-order valence-corrected chi connectivity index (χ0v) is 18.9. The summed E-state index contributed by atoms with van der Waals surface area (Å²) in [6.45, 7) is 8.30. The highest BCUT2D eigenvalue weighted by molar-refractivity contribution is 6.30. The number of halogens is 1. The number of amides is 2. The number of nitrogens with zero attached hydrogens (tertiary/aromatic N) is 1. The maximum atomic E-state index is 13.0. The van der Waals surface area contributed by atoms with Crippen LogP contribution in [0.25, 0.3) is 0 Å². The molecule has 0 bridgehead atoms. The highest BCUT2D eigenvalue weighted by Gasteiger charge is 2.28. The molecule has 0 radical (unpaired) electrons. The van der Waals surface area contributed by atoms with Crippen molar-refractivity contribution in [2.45, 2.75) is 58.7 Å². The van der Waals surface area contributed by atoms with Crippen molar-refractivity contribution in [3.63, 3.8) is 0 Å². The molecule has 162 valence electrons. The Bertz CT molecular complexity index is 817. The molecule has 0 spiro atoms. The quantitative estimate of drug-likeness (QED) is 0.579. The minimum atomic E-state index is -0.595. The van der Waals surface area contributed by atoms with Crippen LogP contribution in [0.4, 0.5) is 0 Å². The van der Waals surface area contributed by atoms with Gasteiger partial charge in [0.25, 0.3) is 0 Å². The van der Waals surface area contributed by atoms with Crippen LogP contribution in [0.1, 0.15) is 46.1 Å². The lowest BCUT2D eigenvalue weighted by atomic mass is 10.1. The number of rotatable bonds is 9. The number of ether oxygens (including phenoxy) is 1. The maximum Gasteiger partial charge on any atom is 0.242 e. The average molecular weight is 431 g/mol. The Morgan fingerprint density at radius 1 is 1.07 bits per heavy atom. The third kappa shape index (κ3) is 8.07. The van der Waals surface area contributed by atoms with Crippen molar-refractivity contribution in [1.29, 1.82) is 0 Å². The molecular formula is C24H31ClN2O3. The molecule has 2 aromatic carbocycles. The van der Waals surface area contributed by atoms with E-state index in [2.05, 4.69) is 5.32 Å². The number of carbonyl (C=O) groups excluding carboxylic acids is 2. The van der Waals surface area contributed by atoms with E-state index in [4.69, 9.17) is 16.3 Å². The molecule has 6 heteroatoms. The Morgan fingerprint density at radius 3 is 2.30 bits per heavy atom. The second-order valence-corrected chi connectivity index (χ2v) is 8.76. The van der Waals surface area contributed by atoms with Crippen molar-refractivity contribution in [3.05, 3.63) is 65.2 Å². The standard InChI is InChI=1S/C24H31ClN2O3/c1-18(23(29)26-24(2,3)4)27(17-19-12-14-20(25)15-13-19)22(28)11-8-16-30-21-9-6-5-7-10-21/h5-7,9-10,12-15,18H,8,11,16-17H2,1-4H3,(H,26,29)/t18-/m0/s1. The molecule has 0 aliphatic carbocycles. The summed E-state index contributed by atoms with van der Waals surface area (Å²) in [5.41, 5.74) is 0.549. The Kier molecular flexibility index (Phi) is 8.72. The van der Waals surface area contributed by atoms with Gasteiger partial charge in [-0.25, -0.2) is 0 Å². The molecule has 0 aromatic heterocycles. The van der Waals surface area contributed by atoms with E-state index in [0.717, 1.165) is 11.3 Å². The van der Waals surface area contributed by atoms with E-state index in [1.54, 1.807) is 24.0 Å². The van der Waals surface area contributed by atoms with Crippen molar-refractivity contribution < 1.29 is 14.3 Å². The van der Waals surface area contributed by atoms with Crippen LogP contribution >= 0.6 is 11.6 Å². The van der Waals surface area contributed by atoms with Crippen LogP contribution in [0.5, 0.6) is 5.75 Å². The number of carbonyl (C=O) groups is 2. The van der Waals surface area contributed by atoms with Gasteiger partial charge < -0.3 is 15.0 Å². The Balaban J connectivity index is 2.02. The van der Waals surface area contributed by atoms with E-state index in [1.807, 2.05) is 63.2 Å². The molecule has 0 saturated carbocycles. The molecule has 30 heavy (non-hydrogen) atoms. The van der Waals surface area contributed by atoms with Gasteiger partial charge in [-0.15, -0.1) is 0 Å². The summed E-state index contributed by atoms with van der Waals surface area (Å²) in [7, 11) is 0. The van der Waals surface area contributed by atoms with E-state index < -0.39 is 6.04 Å². The normalized spacial score (nSPS) is 12.2. The van der Waals surface area contributed by atoms with Crippen LogP contribution in [0.2, 0.25) is 5.02 Å². The summed E-state index contributed by atoms with van der Waals surface area (Å²) >= 11 is 5.97. The van der Waals surface area contributed by atoms with Gasteiger partial charge in [0.15, 0.2) is 0 Å². The third-order valence-corrected chi connectivity index (χ3v) is 4.73. The molecule has 0 unspecified atom stereocenters. The van der Waals surface area contributed by atoms with Gasteiger partial charge in [0.1, 0.15) is 11.8 Å². The van der Waals surface area contributed by atoms with Gasteiger partial charge in [-0.3, -0.25) is 9.59 Å². The fourth-order valence-corrected chi connectivity index (χ4v) is 3.04. The lowest BCUT2D eigenvalue weighted by Crippen LogP contribution is -2.52. The second kappa shape index (κ2) is 11.0. The molecule has 1 atom stereocenters. The number of nitrogens with one attached hydrogen (secondary N) is 1. The fourth-order valence-electron chi connectivity index (χ4n) is 2.92. The van der Waals surface area contributed by atoms with Crippen LogP contribution in [-0.4, -0.2) is 34.9 Å². The molecule has 1 N–H and O–H groups in total. The predicted octanol–water partition coefficient (Wildman–Crippen LogP) is 4.83. The van der Waals surface area contributed by atoms with Gasteiger partial charge in [0, 0.05) is 23.5 Å². The second-order valence-electron chi connectivity index (χ2n) is 8.33.